The molecule has 0 N–H and O–H groups in total. The number of amides is 1. The van der Waals surface area contributed by atoms with Crippen LogP contribution in [0, 0.1) is 11.7 Å². The van der Waals surface area contributed by atoms with E-state index in [0.717, 1.165) is 30.8 Å². The Morgan fingerprint density at radius 1 is 1.12 bits per heavy atom. The molecule has 2 aromatic rings. The molecule has 124 valence electrons. The molecule has 0 saturated carbocycles. The van der Waals surface area contributed by atoms with Gasteiger partial charge in [-0.15, -0.1) is 0 Å². The summed E-state index contributed by atoms with van der Waals surface area (Å²) in [4.78, 5) is 17.2. The number of nitrogens with zero attached hydrogens (tertiary/aromatic N) is 2. The number of halogens is 1. The Balaban J connectivity index is 1.57. The van der Waals surface area contributed by atoms with Crippen molar-refractivity contribution in [3.8, 4) is 0 Å². The second-order valence-corrected chi connectivity index (χ2v) is 6.89. The molecule has 0 aromatic heterocycles. The number of hydrogen-bond acceptors (Lipinski definition) is 2. The fourth-order valence-corrected chi connectivity index (χ4v) is 4.12. The minimum Gasteiger partial charge on any atom is -0.355 e. The SMILES string of the molecule is CC1CCN(c2ccc(F)cc2)C12CN(Cc1ccccc1)C2=O. The zero-order chi connectivity index (χ0) is 16.7. The zero-order valence-corrected chi connectivity index (χ0v) is 13.8. The van der Waals surface area contributed by atoms with E-state index < -0.39 is 5.54 Å². The van der Waals surface area contributed by atoms with Gasteiger partial charge in [-0.25, -0.2) is 4.39 Å². The Morgan fingerprint density at radius 3 is 2.50 bits per heavy atom. The van der Waals surface area contributed by atoms with Gasteiger partial charge in [0.05, 0.1) is 6.54 Å². The molecule has 2 fully saturated rings. The average molecular weight is 324 g/mol. The van der Waals surface area contributed by atoms with Crippen molar-refractivity contribution >= 4 is 11.6 Å². The molecule has 0 radical (unpaired) electrons. The molecule has 2 unspecified atom stereocenters. The summed E-state index contributed by atoms with van der Waals surface area (Å²) in [7, 11) is 0. The maximum absolute atomic E-state index is 13.2. The number of carbonyl (C=O) groups excluding carboxylic acids is 1. The van der Waals surface area contributed by atoms with E-state index in [1.165, 1.54) is 12.1 Å². The highest BCUT2D eigenvalue weighted by atomic mass is 19.1. The Labute approximate surface area is 141 Å². The Morgan fingerprint density at radius 2 is 1.83 bits per heavy atom. The minimum atomic E-state index is -0.452. The van der Waals surface area contributed by atoms with Gasteiger partial charge in [0, 0.05) is 18.8 Å². The van der Waals surface area contributed by atoms with Crippen molar-refractivity contribution in [2.75, 3.05) is 18.0 Å². The fourth-order valence-electron chi connectivity index (χ4n) is 4.12. The van der Waals surface area contributed by atoms with Crippen LogP contribution in [0.4, 0.5) is 10.1 Å². The average Bonchev–Trinajstić information content (AvgIpc) is 2.95. The molecule has 1 spiro atoms. The molecule has 2 aromatic carbocycles. The lowest BCUT2D eigenvalue weighted by Gasteiger charge is -2.54. The summed E-state index contributed by atoms with van der Waals surface area (Å²) in [5.41, 5.74) is 1.64. The molecular weight excluding hydrogens is 303 g/mol. The van der Waals surface area contributed by atoms with Crippen LogP contribution in [0.1, 0.15) is 18.9 Å². The van der Waals surface area contributed by atoms with Gasteiger partial charge in [0.2, 0.25) is 0 Å². The van der Waals surface area contributed by atoms with Crippen LogP contribution in [-0.4, -0.2) is 29.4 Å². The van der Waals surface area contributed by atoms with Crippen molar-refractivity contribution in [3.05, 3.63) is 66.0 Å². The van der Waals surface area contributed by atoms with Crippen LogP contribution < -0.4 is 4.90 Å². The summed E-state index contributed by atoms with van der Waals surface area (Å²) in [6.07, 6.45) is 0.988. The number of anilines is 1. The van der Waals surface area contributed by atoms with Gasteiger partial charge in [-0.3, -0.25) is 4.79 Å². The number of benzene rings is 2. The smallest absolute Gasteiger partial charge is 0.250 e. The van der Waals surface area contributed by atoms with Crippen LogP contribution in [0.2, 0.25) is 0 Å². The van der Waals surface area contributed by atoms with Crippen LogP contribution in [0.25, 0.3) is 0 Å². The summed E-state index contributed by atoms with van der Waals surface area (Å²) in [6, 6.07) is 16.6. The highest BCUT2D eigenvalue weighted by Gasteiger charge is 2.61. The van der Waals surface area contributed by atoms with Gasteiger partial charge in [-0.05, 0) is 42.2 Å². The maximum atomic E-state index is 13.2. The molecule has 2 saturated heterocycles. The molecule has 4 rings (SSSR count). The third-order valence-corrected chi connectivity index (χ3v) is 5.53. The van der Waals surface area contributed by atoms with Crippen LogP contribution >= 0.6 is 0 Å². The van der Waals surface area contributed by atoms with Gasteiger partial charge in [0.1, 0.15) is 11.4 Å². The highest BCUT2D eigenvalue weighted by molar-refractivity contribution is 5.97. The lowest BCUT2D eigenvalue weighted by molar-refractivity contribution is -0.153. The molecule has 2 heterocycles. The van der Waals surface area contributed by atoms with Crippen molar-refractivity contribution in [1.82, 2.24) is 4.90 Å². The number of rotatable bonds is 3. The first kappa shape index (κ1) is 15.2. The number of likely N-dealkylation sites (tertiary alicyclic amines) is 1. The summed E-state index contributed by atoms with van der Waals surface area (Å²) in [5, 5.41) is 0. The second-order valence-electron chi connectivity index (χ2n) is 6.89. The first-order valence-corrected chi connectivity index (χ1v) is 8.48. The summed E-state index contributed by atoms with van der Waals surface area (Å²) < 4.78 is 13.2. The van der Waals surface area contributed by atoms with Gasteiger partial charge >= 0.3 is 0 Å². The van der Waals surface area contributed by atoms with Gasteiger partial charge in [-0.1, -0.05) is 37.3 Å². The molecule has 2 aliphatic heterocycles. The van der Waals surface area contributed by atoms with Crippen molar-refractivity contribution < 1.29 is 9.18 Å². The van der Waals surface area contributed by atoms with E-state index in [1.807, 2.05) is 35.2 Å². The molecule has 2 atom stereocenters. The predicted molar refractivity (Wildman–Crippen MR) is 92.1 cm³/mol. The van der Waals surface area contributed by atoms with Crippen LogP contribution in [0.5, 0.6) is 0 Å². The van der Waals surface area contributed by atoms with Crippen molar-refractivity contribution in [2.45, 2.75) is 25.4 Å². The van der Waals surface area contributed by atoms with Crippen molar-refractivity contribution in [3.63, 3.8) is 0 Å². The Hall–Kier alpha value is -2.36. The van der Waals surface area contributed by atoms with Gasteiger partial charge in [0.25, 0.3) is 5.91 Å². The minimum absolute atomic E-state index is 0.195. The molecule has 0 bridgehead atoms. The Kier molecular flexibility index (Phi) is 3.56. The largest absolute Gasteiger partial charge is 0.355 e. The first-order valence-electron chi connectivity index (χ1n) is 8.48. The Bertz CT molecular complexity index is 746. The third kappa shape index (κ3) is 2.20. The number of carbonyl (C=O) groups is 1. The van der Waals surface area contributed by atoms with E-state index in [0.29, 0.717) is 12.5 Å². The van der Waals surface area contributed by atoms with E-state index >= 15 is 0 Å². The molecule has 2 aliphatic rings. The molecule has 24 heavy (non-hydrogen) atoms. The van der Waals surface area contributed by atoms with Crippen molar-refractivity contribution in [1.29, 1.82) is 0 Å². The molecule has 1 amide bonds. The van der Waals surface area contributed by atoms with Crippen LogP contribution in [0.3, 0.4) is 0 Å². The summed E-state index contributed by atoms with van der Waals surface area (Å²) in [5.74, 6) is 0.258. The van der Waals surface area contributed by atoms with Gasteiger partial charge in [0.15, 0.2) is 0 Å². The normalized spacial score (nSPS) is 26.1. The van der Waals surface area contributed by atoms with E-state index in [1.54, 1.807) is 12.1 Å². The lowest BCUT2D eigenvalue weighted by atomic mass is 9.77. The highest BCUT2D eigenvalue weighted by Crippen LogP contribution is 2.45. The topological polar surface area (TPSA) is 23.6 Å². The number of hydrogen-bond donors (Lipinski definition) is 0. The molecule has 3 nitrogen and oxygen atoms in total. The standard InChI is InChI=1S/C20H21FN2O/c1-15-11-12-23(18-9-7-17(21)8-10-18)20(15)14-22(19(20)24)13-16-5-3-2-4-6-16/h2-10,15H,11-14H2,1H3. The molecule has 4 heteroatoms. The van der Waals surface area contributed by atoms with Crippen molar-refractivity contribution in [2.24, 2.45) is 5.92 Å². The van der Waals surface area contributed by atoms with Gasteiger partial charge in [-0.2, -0.15) is 0 Å². The first-order chi connectivity index (χ1) is 11.6. The monoisotopic (exact) mass is 324 g/mol. The lowest BCUT2D eigenvalue weighted by Crippen LogP contribution is -2.74. The zero-order valence-electron chi connectivity index (χ0n) is 13.8. The second kappa shape index (κ2) is 5.62. The quantitative estimate of drug-likeness (QED) is 0.807. The van der Waals surface area contributed by atoms with E-state index in [2.05, 4.69) is 11.8 Å². The van der Waals surface area contributed by atoms with E-state index in [9.17, 15) is 9.18 Å². The predicted octanol–water partition coefficient (Wildman–Crippen LogP) is 3.45. The molecular formula is C20H21FN2O. The molecule has 0 aliphatic carbocycles. The summed E-state index contributed by atoms with van der Waals surface area (Å²) >= 11 is 0. The van der Waals surface area contributed by atoms with Crippen LogP contribution in [-0.2, 0) is 11.3 Å². The summed E-state index contributed by atoms with van der Waals surface area (Å²) in [6.45, 7) is 4.39. The third-order valence-electron chi connectivity index (χ3n) is 5.53. The number of β-lactam (4-membered cyclic amide) rings is 1. The van der Waals surface area contributed by atoms with E-state index in [-0.39, 0.29) is 11.7 Å². The maximum Gasteiger partial charge on any atom is 0.250 e. The van der Waals surface area contributed by atoms with E-state index in [4.69, 9.17) is 0 Å². The van der Waals surface area contributed by atoms with Crippen LogP contribution in [0.15, 0.2) is 54.6 Å². The fraction of sp³-hybridized carbons (Fsp3) is 0.350. The van der Waals surface area contributed by atoms with Gasteiger partial charge < -0.3 is 9.80 Å².